The van der Waals surface area contributed by atoms with Crippen molar-refractivity contribution in [2.75, 3.05) is 6.54 Å². The molecule has 1 amide bonds. The maximum Gasteiger partial charge on any atom is 0.251 e. The third kappa shape index (κ3) is 3.17. The molecule has 1 fully saturated rings. The zero-order valence-electron chi connectivity index (χ0n) is 8.09. The van der Waals surface area contributed by atoms with Gasteiger partial charge in [-0.05, 0) is 75.5 Å². The van der Waals surface area contributed by atoms with E-state index in [0.29, 0.717) is 0 Å². The van der Waals surface area contributed by atoms with E-state index in [1.165, 1.54) is 12.8 Å². The minimum atomic E-state index is 0.0269. The molecule has 2 rings (SSSR count). The van der Waals surface area contributed by atoms with Gasteiger partial charge in [0.05, 0.1) is 0 Å². The zero-order valence-corrected chi connectivity index (χ0v) is 11.8. The molecule has 0 bridgehead atoms. The molecule has 0 saturated heterocycles. The zero-order chi connectivity index (χ0) is 10.8. The summed E-state index contributed by atoms with van der Waals surface area (Å²) < 4.78 is 2.09. The third-order valence-electron chi connectivity index (χ3n) is 2.43. The molecule has 0 aromatic heterocycles. The number of nitrogens with one attached hydrogen (secondary N) is 1. The Kier molecular flexibility index (Phi) is 3.66. The number of benzene rings is 1. The second kappa shape index (κ2) is 4.82. The van der Waals surface area contributed by atoms with E-state index in [1.807, 2.05) is 18.2 Å². The van der Waals surface area contributed by atoms with E-state index in [1.54, 1.807) is 0 Å². The van der Waals surface area contributed by atoms with Crippen molar-refractivity contribution in [2.24, 2.45) is 5.92 Å². The van der Waals surface area contributed by atoms with Gasteiger partial charge in [0.25, 0.3) is 5.91 Å². The molecule has 80 valence electrons. The monoisotopic (exact) mass is 379 g/mol. The van der Waals surface area contributed by atoms with Crippen molar-refractivity contribution in [3.8, 4) is 0 Å². The lowest BCUT2D eigenvalue weighted by Gasteiger charge is -2.05. The molecular weight excluding hydrogens is 369 g/mol. The Morgan fingerprint density at radius 3 is 2.87 bits per heavy atom. The van der Waals surface area contributed by atoms with Gasteiger partial charge >= 0.3 is 0 Å². The molecule has 0 aliphatic heterocycles. The third-order valence-corrected chi connectivity index (χ3v) is 4.77. The van der Waals surface area contributed by atoms with E-state index < -0.39 is 0 Å². The Balaban J connectivity index is 2.00. The topological polar surface area (TPSA) is 29.1 Å². The van der Waals surface area contributed by atoms with Crippen molar-refractivity contribution in [3.05, 3.63) is 31.8 Å². The number of carbonyl (C=O) groups is 1. The normalized spacial score (nSPS) is 15.1. The smallest absolute Gasteiger partial charge is 0.251 e. The van der Waals surface area contributed by atoms with Gasteiger partial charge in [0.1, 0.15) is 0 Å². The van der Waals surface area contributed by atoms with E-state index in [-0.39, 0.29) is 5.91 Å². The average molecular weight is 380 g/mol. The van der Waals surface area contributed by atoms with E-state index in [4.69, 9.17) is 0 Å². The van der Waals surface area contributed by atoms with Crippen LogP contribution in [0.25, 0.3) is 0 Å². The molecule has 0 atom stereocenters. The van der Waals surface area contributed by atoms with Gasteiger partial charge in [-0.2, -0.15) is 0 Å². The summed E-state index contributed by atoms with van der Waals surface area (Å²) >= 11 is 5.65. The largest absolute Gasteiger partial charge is 0.352 e. The van der Waals surface area contributed by atoms with E-state index in [2.05, 4.69) is 43.8 Å². The van der Waals surface area contributed by atoms with Gasteiger partial charge in [0.15, 0.2) is 0 Å². The number of halogens is 2. The molecule has 0 spiro atoms. The number of hydrogen-bond acceptors (Lipinski definition) is 1. The number of carbonyl (C=O) groups excluding carboxylic acids is 1. The lowest BCUT2D eigenvalue weighted by Crippen LogP contribution is -2.25. The van der Waals surface area contributed by atoms with Gasteiger partial charge in [0, 0.05) is 20.2 Å². The fourth-order valence-electron chi connectivity index (χ4n) is 1.30. The Labute approximate surface area is 111 Å². The quantitative estimate of drug-likeness (QED) is 0.803. The first-order chi connectivity index (χ1) is 7.16. The van der Waals surface area contributed by atoms with Crippen molar-refractivity contribution in [1.82, 2.24) is 5.32 Å². The lowest BCUT2D eigenvalue weighted by atomic mass is 10.2. The highest BCUT2D eigenvalue weighted by Crippen LogP contribution is 2.27. The standard InChI is InChI=1S/C11H11BrINO/c12-9-5-8(3-4-10(9)13)11(15)14-6-7-1-2-7/h3-5,7H,1-2,6H2,(H,14,15). The molecule has 0 radical (unpaired) electrons. The van der Waals surface area contributed by atoms with Crippen LogP contribution in [0.4, 0.5) is 0 Å². The maximum atomic E-state index is 11.7. The molecule has 1 aliphatic rings. The van der Waals surface area contributed by atoms with Crippen LogP contribution in [0.5, 0.6) is 0 Å². The summed E-state index contributed by atoms with van der Waals surface area (Å²) in [6.07, 6.45) is 2.52. The minimum Gasteiger partial charge on any atom is -0.352 e. The van der Waals surface area contributed by atoms with Crippen LogP contribution in [0.2, 0.25) is 0 Å². The predicted molar refractivity (Wildman–Crippen MR) is 71.9 cm³/mol. The molecule has 1 aromatic carbocycles. The number of amides is 1. The van der Waals surface area contributed by atoms with Crippen LogP contribution >= 0.6 is 38.5 Å². The van der Waals surface area contributed by atoms with Crippen molar-refractivity contribution >= 4 is 44.4 Å². The lowest BCUT2D eigenvalue weighted by molar-refractivity contribution is 0.0951. The summed E-state index contributed by atoms with van der Waals surface area (Å²) in [5.41, 5.74) is 0.725. The molecule has 4 heteroatoms. The Morgan fingerprint density at radius 1 is 1.53 bits per heavy atom. The molecule has 1 N–H and O–H groups in total. The van der Waals surface area contributed by atoms with Gasteiger partial charge in [-0.3, -0.25) is 4.79 Å². The first kappa shape index (κ1) is 11.4. The van der Waals surface area contributed by atoms with Crippen molar-refractivity contribution < 1.29 is 4.79 Å². The Hall–Kier alpha value is -0.100. The highest BCUT2D eigenvalue weighted by Gasteiger charge is 2.21. The van der Waals surface area contributed by atoms with Crippen LogP contribution in [0, 0.1) is 9.49 Å². The molecule has 2 nitrogen and oxygen atoms in total. The first-order valence-electron chi connectivity index (χ1n) is 4.90. The molecule has 1 saturated carbocycles. The Bertz CT molecular complexity index is 390. The highest BCUT2D eigenvalue weighted by atomic mass is 127. The number of hydrogen-bond donors (Lipinski definition) is 1. The van der Waals surface area contributed by atoms with Crippen LogP contribution in [0.15, 0.2) is 22.7 Å². The Morgan fingerprint density at radius 2 is 2.27 bits per heavy atom. The molecule has 0 heterocycles. The summed E-state index contributed by atoms with van der Waals surface area (Å²) in [5, 5.41) is 2.95. The van der Waals surface area contributed by atoms with Gasteiger partial charge < -0.3 is 5.32 Å². The summed E-state index contributed by atoms with van der Waals surface area (Å²) in [6, 6.07) is 5.66. The van der Waals surface area contributed by atoms with Gasteiger partial charge in [0.2, 0.25) is 0 Å². The summed E-state index contributed by atoms with van der Waals surface area (Å²) in [6.45, 7) is 0.822. The number of rotatable bonds is 3. The van der Waals surface area contributed by atoms with E-state index in [0.717, 1.165) is 26.1 Å². The maximum absolute atomic E-state index is 11.7. The van der Waals surface area contributed by atoms with Crippen LogP contribution in [0.1, 0.15) is 23.2 Å². The van der Waals surface area contributed by atoms with Gasteiger partial charge in [-0.15, -0.1) is 0 Å². The van der Waals surface area contributed by atoms with Crippen LogP contribution in [0.3, 0.4) is 0 Å². The molecule has 1 aromatic rings. The molecule has 1 aliphatic carbocycles. The summed E-state index contributed by atoms with van der Waals surface area (Å²) in [7, 11) is 0. The highest BCUT2D eigenvalue weighted by molar-refractivity contribution is 14.1. The predicted octanol–water partition coefficient (Wildman–Crippen LogP) is 3.19. The second-order valence-corrected chi connectivity index (χ2v) is 5.80. The molecule has 0 unspecified atom stereocenters. The fraction of sp³-hybridized carbons (Fsp3) is 0.364. The van der Waals surface area contributed by atoms with Crippen LogP contribution < -0.4 is 5.32 Å². The van der Waals surface area contributed by atoms with Crippen molar-refractivity contribution in [3.63, 3.8) is 0 Å². The summed E-state index contributed by atoms with van der Waals surface area (Å²) in [5.74, 6) is 0.750. The van der Waals surface area contributed by atoms with Gasteiger partial charge in [-0.1, -0.05) is 0 Å². The van der Waals surface area contributed by atoms with E-state index >= 15 is 0 Å². The van der Waals surface area contributed by atoms with Gasteiger partial charge in [-0.25, -0.2) is 0 Å². The first-order valence-corrected chi connectivity index (χ1v) is 6.77. The van der Waals surface area contributed by atoms with Crippen LogP contribution in [-0.2, 0) is 0 Å². The molecular formula is C11H11BrINO. The second-order valence-electron chi connectivity index (χ2n) is 3.78. The van der Waals surface area contributed by atoms with Crippen molar-refractivity contribution in [2.45, 2.75) is 12.8 Å². The SMILES string of the molecule is O=C(NCC1CC1)c1ccc(I)c(Br)c1. The van der Waals surface area contributed by atoms with Crippen molar-refractivity contribution in [1.29, 1.82) is 0 Å². The average Bonchev–Trinajstić information content (AvgIpc) is 3.02. The van der Waals surface area contributed by atoms with E-state index in [9.17, 15) is 4.79 Å². The fourth-order valence-corrected chi connectivity index (χ4v) is 2.01. The van der Waals surface area contributed by atoms with Crippen LogP contribution in [-0.4, -0.2) is 12.5 Å². The minimum absolute atomic E-state index is 0.0269. The molecule has 15 heavy (non-hydrogen) atoms. The summed E-state index contributed by atoms with van der Waals surface area (Å²) in [4.78, 5) is 11.7.